The van der Waals surface area contributed by atoms with Gasteiger partial charge in [0.1, 0.15) is 0 Å². The van der Waals surface area contributed by atoms with E-state index in [-0.39, 0.29) is 6.10 Å². The molecule has 4 nitrogen and oxygen atoms in total. The molecule has 1 fully saturated rings. The number of rotatable bonds is 6. The molecule has 2 aromatic heterocycles. The Morgan fingerprint density at radius 3 is 2.92 bits per heavy atom. The van der Waals surface area contributed by atoms with Gasteiger partial charge in [0.25, 0.3) is 0 Å². The van der Waals surface area contributed by atoms with Gasteiger partial charge >= 0.3 is 0 Å². The monoisotopic (exact) mass is 435 g/mol. The number of aromatic nitrogens is 3. The van der Waals surface area contributed by atoms with Crippen LogP contribution < -0.4 is 0 Å². The SMILES string of the molecule is Brc1ccccc1CSc1nnc(-c2cccs2)n1CC1CCCO1. The lowest BCUT2D eigenvalue weighted by Gasteiger charge is -2.14. The Balaban J connectivity index is 1.59. The summed E-state index contributed by atoms with van der Waals surface area (Å²) < 4.78 is 9.20. The van der Waals surface area contributed by atoms with Gasteiger partial charge in [0, 0.05) is 16.8 Å². The van der Waals surface area contributed by atoms with Gasteiger partial charge in [-0.3, -0.25) is 4.57 Å². The zero-order chi connectivity index (χ0) is 17.1. The molecule has 1 saturated heterocycles. The number of benzene rings is 1. The smallest absolute Gasteiger partial charge is 0.191 e. The van der Waals surface area contributed by atoms with E-state index in [0.29, 0.717) is 0 Å². The van der Waals surface area contributed by atoms with Crippen LogP contribution in [-0.4, -0.2) is 27.5 Å². The number of thiophene rings is 1. The normalized spacial score (nSPS) is 17.2. The summed E-state index contributed by atoms with van der Waals surface area (Å²) in [7, 11) is 0. The van der Waals surface area contributed by atoms with Crippen LogP contribution in [0.5, 0.6) is 0 Å². The van der Waals surface area contributed by atoms with Crippen LogP contribution in [0.1, 0.15) is 18.4 Å². The maximum atomic E-state index is 5.85. The van der Waals surface area contributed by atoms with Crippen molar-refractivity contribution in [3.63, 3.8) is 0 Å². The molecule has 3 heterocycles. The third-order valence-corrected chi connectivity index (χ3v) is 6.84. The highest BCUT2D eigenvalue weighted by Gasteiger charge is 2.22. The molecule has 0 aliphatic carbocycles. The summed E-state index contributed by atoms with van der Waals surface area (Å²) in [4.78, 5) is 1.15. The van der Waals surface area contributed by atoms with Crippen LogP contribution in [0.15, 0.2) is 51.4 Å². The molecular formula is C18H18BrN3OS2. The summed E-state index contributed by atoms with van der Waals surface area (Å²) in [6.45, 7) is 1.68. The molecule has 0 saturated carbocycles. The molecule has 1 unspecified atom stereocenters. The van der Waals surface area contributed by atoms with Gasteiger partial charge in [0.05, 0.1) is 17.5 Å². The van der Waals surface area contributed by atoms with Crippen LogP contribution in [0.4, 0.5) is 0 Å². The van der Waals surface area contributed by atoms with Gasteiger partial charge in [-0.05, 0) is 35.9 Å². The van der Waals surface area contributed by atoms with Gasteiger partial charge in [0.2, 0.25) is 0 Å². The molecule has 1 aliphatic rings. The molecule has 0 spiro atoms. The van der Waals surface area contributed by atoms with Crippen LogP contribution in [0.25, 0.3) is 10.7 Å². The molecule has 1 atom stereocenters. The Labute approximate surface area is 163 Å². The van der Waals surface area contributed by atoms with Crippen LogP contribution in [0.3, 0.4) is 0 Å². The molecule has 7 heteroatoms. The second kappa shape index (κ2) is 8.03. The van der Waals surface area contributed by atoms with Gasteiger partial charge in [0.15, 0.2) is 11.0 Å². The van der Waals surface area contributed by atoms with E-state index in [2.05, 4.69) is 66.4 Å². The Morgan fingerprint density at radius 2 is 2.16 bits per heavy atom. The van der Waals surface area contributed by atoms with Gasteiger partial charge in [-0.1, -0.05) is 52.0 Å². The maximum absolute atomic E-state index is 5.85. The fraction of sp³-hybridized carbons (Fsp3) is 0.333. The number of halogens is 1. The van der Waals surface area contributed by atoms with Crippen molar-refractivity contribution >= 4 is 39.0 Å². The molecule has 0 radical (unpaired) electrons. The number of hydrogen-bond donors (Lipinski definition) is 0. The standard InChI is InChI=1S/C18H18BrN3OS2/c19-15-7-2-1-5-13(15)12-25-18-21-20-17(16-8-4-10-24-16)22(18)11-14-6-3-9-23-14/h1-2,4-5,7-8,10,14H,3,6,9,11-12H2. The fourth-order valence-corrected chi connectivity index (χ4v) is 5.18. The molecule has 1 aliphatic heterocycles. The van der Waals surface area contributed by atoms with E-state index in [4.69, 9.17) is 4.74 Å². The second-order valence-electron chi connectivity index (χ2n) is 5.91. The summed E-state index contributed by atoms with van der Waals surface area (Å²) in [5.74, 6) is 1.80. The van der Waals surface area contributed by atoms with Crippen molar-refractivity contribution in [2.24, 2.45) is 0 Å². The minimum atomic E-state index is 0.262. The van der Waals surface area contributed by atoms with Gasteiger partial charge in [-0.2, -0.15) is 0 Å². The van der Waals surface area contributed by atoms with E-state index in [1.54, 1.807) is 23.1 Å². The van der Waals surface area contributed by atoms with Crippen molar-refractivity contribution in [2.45, 2.75) is 36.4 Å². The average molecular weight is 436 g/mol. The minimum Gasteiger partial charge on any atom is -0.376 e. The van der Waals surface area contributed by atoms with E-state index >= 15 is 0 Å². The molecule has 25 heavy (non-hydrogen) atoms. The van der Waals surface area contributed by atoms with E-state index in [1.807, 2.05) is 6.07 Å². The zero-order valence-corrected chi connectivity index (χ0v) is 16.8. The second-order valence-corrected chi connectivity index (χ2v) is 8.65. The van der Waals surface area contributed by atoms with E-state index < -0.39 is 0 Å². The number of ether oxygens (including phenoxy) is 1. The number of nitrogens with zero attached hydrogens (tertiary/aromatic N) is 3. The average Bonchev–Trinajstić information content (AvgIpc) is 3.37. The zero-order valence-electron chi connectivity index (χ0n) is 13.6. The maximum Gasteiger partial charge on any atom is 0.191 e. The largest absolute Gasteiger partial charge is 0.376 e. The summed E-state index contributed by atoms with van der Waals surface area (Å²) in [5, 5.41) is 12.0. The number of hydrogen-bond acceptors (Lipinski definition) is 5. The van der Waals surface area contributed by atoms with Crippen LogP contribution in [0, 0.1) is 0 Å². The highest BCUT2D eigenvalue weighted by Crippen LogP contribution is 2.31. The first kappa shape index (κ1) is 17.3. The van der Waals surface area contributed by atoms with Gasteiger partial charge < -0.3 is 4.74 Å². The predicted molar refractivity (Wildman–Crippen MR) is 106 cm³/mol. The third kappa shape index (κ3) is 4.00. The van der Waals surface area contributed by atoms with Gasteiger partial charge in [-0.15, -0.1) is 21.5 Å². The predicted octanol–water partition coefficient (Wildman–Crippen LogP) is 5.24. The molecular weight excluding hydrogens is 418 g/mol. The molecule has 0 bridgehead atoms. The van der Waals surface area contributed by atoms with E-state index in [1.165, 1.54) is 5.56 Å². The summed E-state index contributed by atoms with van der Waals surface area (Å²) in [6.07, 6.45) is 2.51. The summed E-state index contributed by atoms with van der Waals surface area (Å²) >= 11 is 7.04. The quantitative estimate of drug-likeness (QED) is 0.496. The lowest BCUT2D eigenvalue weighted by molar-refractivity contribution is 0.0953. The lowest BCUT2D eigenvalue weighted by Crippen LogP contribution is -2.16. The van der Waals surface area contributed by atoms with Crippen molar-refractivity contribution in [3.05, 3.63) is 51.8 Å². The molecule has 0 amide bonds. The molecule has 1 aromatic carbocycles. The Hall–Kier alpha value is -1.15. The van der Waals surface area contributed by atoms with Crippen molar-refractivity contribution in [1.29, 1.82) is 0 Å². The minimum absolute atomic E-state index is 0.262. The number of thioether (sulfide) groups is 1. The Bertz CT molecular complexity index is 829. The molecule has 130 valence electrons. The first-order valence-corrected chi connectivity index (χ1v) is 10.9. The highest BCUT2D eigenvalue weighted by atomic mass is 79.9. The van der Waals surface area contributed by atoms with Crippen molar-refractivity contribution < 1.29 is 4.74 Å². The third-order valence-electron chi connectivity index (χ3n) is 4.18. The molecule has 0 N–H and O–H groups in total. The van der Waals surface area contributed by atoms with Crippen molar-refractivity contribution in [1.82, 2.24) is 14.8 Å². The fourth-order valence-electron chi connectivity index (χ4n) is 2.90. The van der Waals surface area contributed by atoms with Gasteiger partial charge in [-0.25, -0.2) is 0 Å². The molecule has 3 aromatic rings. The first-order chi connectivity index (χ1) is 12.3. The topological polar surface area (TPSA) is 39.9 Å². The molecule has 4 rings (SSSR count). The van der Waals surface area contributed by atoms with Crippen molar-refractivity contribution in [3.8, 4) is 10.7 Å². The van der Waals surface area contributed by atoms with Crippen LogP contribution in [0.2, 0.25) is 0 Å². The van der Waals surface area contributed by atoms with E-state index in [0.717, 1.165) is 52.1 Å². The lowest BCUT2D eigenvalue weighted by atomic mass is 10.2. The van der Waals surface area contributed by atoms with Crippen molar-refractivity contribution in [2.75, 3.05) is 6.61 Å². The van der Waals surface area contributed by atoms with Crippen LogP contribution in [-0.2, 0) is 17.0 Å². The Kier molecular flexibility index (Phi) is 5.55. The van der Waals surface area contributed by atoms with E-state index in [9.17, 15) is 0 Å². The summed E-state index contributed by atoms with van der Waals surface area (Å²) in [6, 6.07) is 12.5. The first-order valence-electron chi connectivity index (χ1n) is 8.26. The Morgan fingerprint density at radius 1 is 1.24 bits per heavy atom. The van der Waals surface area contributed by atoms with Crippen LogP contribution >= 0.6 is 39.0 Å². The summed E-state index contributed by atoms with van der Waals surface area (Å²) in [5.41, 5.74) is 1.26. The highest BCUT2D eigenvalue weighted by molar-refractivity contribution is 9.10.